The number of rotatable bonds is 5. The summed E-state index contributed by atoms with van der Waals surface area (Å²) in [6, 6.07) is 6.37. The summed E-state index contributed by atoms with van der Waals surface area (Å²) in [6.45, 7) is 0. The number of hydrogen-bond acceptors (Lipinski definition) is 7. The minimum absolute atomic E-state index is 0.0878. The Labute approximate surface area is 134 Å². The zero-order chi connectivity index (χ0) is 16.8. The molecule has 0 fully saturated rings. The Morgan fingerprint density at radius 3 is 2.52 bits per heavy atom. The number of carbonyl (C=O) groups excluding carboxylic acids is 2. The Balaban J connectivity index is 2.16. The number of ether oxygens (including phenoxy) is 1. The number of methoxy groups -OCH3 is 1. The molecule has 2 aromatic rings. The van der Waals surface area contributed by atoms with Gasteiger partial charge < -0.3 is 14.6 Å². The van der Waals surface area contributed by atoms with Gasteiger partial charge in [0.05, 0.1) is 29.7 Å². The van der Waals surface area contributed by atoms with Gasteiger partial charge in [0, 0.05) is 12.4 Å². The zero-order valence-electron chi connectivity index (χ0n) is 12.0. The number of hydrogen-bond donors (Lipinski definition) is 1. The molecule has 0 bridgehead atoms. The number of amides is 1. The summed E-state index contributed by atoms with van der Waals surface area (Å²) in [7, 11) is 1.24. The fourth-order valence-corrected chi connectivity index (χ4v) is 2.09. The van der Waals surface area contributed by atoms with Gasteiger partial charge in [-0.3, -0.25) is 9.00 Å². The van der Waals surface area contributed by atoms with E-state index in [1.807, 2.05) is 0 Å². The van der Waals surface area contributed by atoms with Crippen LogP contribution in [0.5, 0.6) is 0 Å². The molecule has 1 amide bonds. The van der Waals surface area contributed by atoms with Crippen LogP contribution >= 0.6 is 0 Å². The lowest BCUT2D eigenvalue weighted by Gasteiger charge is -2.09. The molecule has 0 aliphatic heterocycles. The average Bonchev–Trinajstić information content (AvgIpc) is 2.54. The van der Waals surface area contributed by atoms with E-state index in [4.69, 9.17) is 0 Å². The zero-order valence-corrected chi connectivity index (χ0v) is 12.8. The summed E-state index contributed by atoms with van der Waals surface area (Å²) in [4.78, 5) is 31.4. The van der Waals surface area contributed by atoms with Crippen molar-refractivity contribution >= 4 is 28.6 Å². The maximum atomic E-state index is 12.1. The van der Waals surface area contributed by atoms with E-state index in [0.717, 1.165) is 0 Å². The molecule has 0 saturated carbocycles. The Kier molecular flexibility index (Phi) is 5.50. The summed E-state index contributed by atoms with van der Waals surface area (Å²) < 4.78 is 25.8. The fourth-order valence-electron chi connectivity index (χ4n) is 1.73. The number of para-hydroxylation sites is 1. The predicted molar refractivity (Wildman–Crippen MR) is 80.4 cm³/mol. The second-order valence-corrected chi connectivity index (χ2v) is 5.22. The first-order valence-corrected chi connectivity index (χ1v) is 7.61. The number of esters is 1. The van der Waals surface area contributed by atoms with Crippen LogP contribution < -0.4 is 5.32 Å². The first-order valence-electron chi connectivity index (χ1n) is 6.36. The highest BCUT2D eigenvalue weighted by Crippen LogP contribution is 2.17. The second-order valence-electron chi connectivity index (χ2n) is 4.33. The van der Waals surface area contributed by atoms with E-state index in [0.29, 0.717) is 0 Å². The van der Waals surface area contributed by atoms with Crippen molar-refractivity contribution in [3.63, 3.8) is 0 Å². The van der Waals surface area contributed by atoms with Crippen LogP contribution in [0.4, 0.5) is 5.69 Å². The van der Waals surface area contributed by atoms with E-state index in [1.165, 1.54) is 25.6 Å². The number of anilines is 1. The van der Waals surface area contributed by atoms with E-state index in [-0.39, 0.29) is 28.4 Å². The lowest BCUT2D eigenvalue weighted by Crippen LogP contribution is -2.16. The molecule has 1 heterocycles. The molecule has 120 valence electrons. The van der Waals surface area contributed by atoms with Crippen molar-refractivity contribution < 1.29 is 23.1 Å². The topological polar surface area (TPSA) is 121 Å². The second kappa shape index (κ2) is 7.56. The third-order valence-corrected chi connectivity index (χ3v) is 3.29. The van der Waals surface area contributed by atoms with Gasteiger partial charge in [0.15, 0.2) is 0 Å². The normalized spacial score (nSPS) is 11.6. The van der Waals surface area contributed by atoms with Crippen molar-refractivity contribution in [3.05, 3.63) is 53.6 Å². The fraction of sp³-hybridized carbons (Fsp3) is 0.143. The average molecular weight is 334 g/mol. The van der Waals surface area contributed by atoms with E-state index in [1.54, 1.807) is 18.2 Å². The van der Waals surface area contributed by atoms with Gasteiger partial charge in [-0.05, 0) is 23.2 Å². The number of benzene rings is 1. The number of nitrogens with one attached hydrogen (secondary N) is 1. The maximum Gasteiger partial charge on any atom is 0.339 e. The molecular weight excluding hydrogens is 322 g/mol. The minimum atomic E-state index is -2.30. The molecule has 1 N–H and O–H groups in total. The third kappa shape index (κ3) is 4.41. The van der Waals surface area contributed by atoms with Crippen molar-refractivity contribution in [1.82, 2.24) is 9.97 Å². The van der Waals surface area contributed by atoms with Gasteiger partial charge in [-0.2, -0.15) is 0 Å². The Morgan fingerprint density at radius 2 is 1.91 bits per heavy atom. The molecular formula is C14H12N3O5S-. The van der Waals surface area contributed by atoms with Crippen LogP contribution in [-0.4, -0.2) is 37.7 Å². The third-order valence-electron chi connectivity index (χ3n) is 2.80. The maximum absolute atomic E-state index is 12.1. The van der Waals surface area contributed by atoms with Crippen LogP contribution in [0.3, 0.4) is 0 Å². The largest absolute Gasteiger partial charge is 0.772 e. The smallest absolute Gasteiger partial charge is 0.339 e. The van der Waals surface area contributed by atoms with E-state index in [9.17, 15) is 18.4 Å². The quantitative estimate of drug-likeness (QED) is 0.636. The van der Waals surface area contributed by atoms with Crippen molar-refractivity contribution in [2.24, 2.45) is 0 Å². The molecule has 1 unspecified atom stereocenters. The summed E-state index contributed by atoms with van der Waals surface area (Å²) in [5.74, 6) is -1.35. The Hall–Kier alpha value is -2.65. The van der Waals surface area contributed by atoms with Crippen molar-refractivity contribution in [2.75, 3.05) is 12.4 Å². The first-order chi connectivity index (χ1) is 11.0. The van der Waals surface area contributed by atoms with Gasteiger partial charge in [0.25, 0.3) is 5.91 Å². The minimum Gasteiger partial charge on any atom is -0.772 e. The van der Waals surface area contributed by atoms with Crippen LogP contribution in [0.1, 0.15) is 26.5 Å². The molecule has 2 rings (SSSR count). The Bertz CT molecular complexity index is 748. The molecule has 0 spiro atoms. The highest BCUT2D eigenvalue weighted by atomic mass is 32.2. The molecule has 9 heteroatoms. The van der Waals surface area contributed by atoms with E-state index >= 15 is 0 Å². The van der Waals surface area contributed by atoms with E-state index < -0.39 is 23.0 Å². The summed E-state index contributed by atoms with van der Waals surface area (Å²) in [5, 5.41) is 2.56. The van der Waals surface area contributed by atoms with Gasteiger partial charge in [-0.15, -0.1) is 0 Å². The van der Waals surface area contributed by atoms with Gasteiger partial charge >= 0.3 is 5.97 Å². The Morgan fingerprint density at radius 1 is 1.26 bits per heavy atom. The van der Waals surface area contributed by atoms with Crippen molar-refractivity contribution in [2.45, 2.75) is 5.75 Å². The molecule has 0 aliphatic rings. The predicted octanol–water partition coefficient (Wildman–Crippen LogP) is 0.895. The van der Waals surface area contributed by atoms with Gasteiger partial charge in [-0.1, -0.05) is 12.1 Å². The molecule has 0 saturated heterocycles. The molecule has 1 aromatic heterocycles. The first kappa shape index (κ1) is 16.7. The van der Waals surface area contributed by atoms with E-state index in [2.05, 4.69) is 20.0 Å². The SMILES string of the molecule is COC(=O)c1ccccc1NC(=O)c1cnc(CS(=O)[O-])nc1. The highest BCUT2D eigenvalue weighted by molar-refractivity contribution is 7.78. The lowest BCUT2D eigenvalue weighted by atomic mass is 10.1. The number of nitrogens with zero attached hydrogens (tertiary/aromatic N) is 2. The van der Waals surface area contributed by atoms with Gasteiger partial charge in [0.1, 0.15) is 5.82 Å². The molecule has 0 aliphatic carbocycles. The molecule has 8 nitrogen and oxygen atoms in total. The monoisotopic (exact) mass is 334 g/mol. The van der Waals surface area contributed by atoms with Crippen LogP contribution in [0.15, 0.2) is 36.7 Å². The summed E-state index contributed by atoms with van der Waals surface area (Å²) in [6.07, 6.45) is 2.43. The van der Waals surface area contributed by atoms with Crippen LogP contribution in [-0.2, 0) is 21.6 Å². The van der Waals surface area contributed by atoms with Gasteiger partial charge in [0.2, 0.25) is 0 Å². The molecule has 23 heavy (non-hydrogen) atoms. The molecule has 1 aromatic carbocycles. The number of aromatic nitrogens is 2. The summed E-state index contributed by atoms with van der Waals surface area (Å²) >= 11 is -2.30. The van der Waals surface area contributed by atoms with Crippen molar-refractivity contribution in [1.29, 1.82) is 0 Å². The van der Waals surface area contributed by atoms with Crippen molar-refractivity contribution in [3.8, 4) is 0 Å². The van der Waals surface area contributed by atoms with Crippen LogP contribution in [0.2, 0.25) is 0 Å². The highest BCUT2D eigenvalue weighted by Gasteiger charge is 2.14. The summed E-state index contributed by atoms with van der Waals surface area (Å²) in [5.41, 5.74) is 0.627. The van der Waals surface area contributed by atoms with Crippen LogP contribution in [0, 0.1) is 0 Å². The molecule has 1 atom stereocenters. The standard InChI is InChI=1S/C14H13N3O5S/c1-22-14(19)10-4-2-3-5-11(10)17-13(18)9-6-15-12(16-7-9)8-23(20)21/h2-7H,8H2,1H3,(H,17,18)(H,20,21)/p-1. The number of carbonyl (C=O) groups is 2. The van der Waals surface area contributed by atoms with Gasteiger partial charge in [-0.25, -0.2) is 14.8 Å². The van der Waals surface area contributed by atoms with Crippen LogP contribution in [0.25, 0.3) is 0 Å². The lowest BCUT2D eigenvalue weighted by molar-refractivity contribution is 0.0602. The molecule has 0 radical (unpaired) electrons.